The second-order valence-electron chi connectivity index (χ2n) is 4.73. The van der Waals surface area contributed by atoms with Crippen LogP contribution < -0.4 is 4.74 Å². The van der Waals surface area contributed by atoms with Crippen molar-refractivity contribution in [1.82, 2.24) is 10.2 Å². The Morgan fingerprint density at radius 1 is 1.13 bits per heavy atom. The Bertz CT molecular complexity index is 872. The van der Waals surface area contributed by atoms with E-state index >= 15 is 0 Å². The van der Waals surface area contributed by atoms with Crippen molar-refractivity contribution in [3.63, 3.8) is 0 Å². The molecule has 7 heteroatoms. The van der Waals surface area contributed by atoms with Crippen molar-refractivity contribution in [2.24, 2.45) is 0 Å². The van der Waals surface area contributed by atoms with Crippen molar-refractivity contribution in [1.29, 1.82) is 0 Å². The number of ether oxygens (including phenoxy) is 1. The molecule has 0 aliphatic carbocycles. The highest BCUT2D eigenvalue weighted by Crippen LogP contribution is 2.37. The predicted octanol–water partition coefficient (Wildman–Crippen LogP) is 2.98. The Morgan fingerprint density at radius 3 is 2.70 bits per heavy atom. The molecule has 3 aromatic rings. The fraction of sp³-hybridized carbons (Fsp3) is 0. The second kappa shape index (κ2) is 5.72. The zero-order valence-corrected chi connectivity index (χ0v) is 11.7. The first-order valence-corrected chi connectivity index (χ1v) is 6.62. The van der Waals surface area contributed by atoms with E-state index in [-0.39, 0.29) is 17.1 Å². The fourth-order valence-electron chi connectivity index (χ4n) is 2.09. The van der Waals surface area contributed by atoms with Gasteiger partial charge in [-0.05, 0) is 30.3 Å². The number of carbonyl (C=O) groups is 1. The van der Waals surface area contributed by atoms with Gasteiger partial charge in [-0.1, -0.05) is 6.07 Å². The van der Waals surface area contributed by atoms with Gasteiger partial charge in [0.05, 0.1) is 11.8 Å². The lowest BCUT2D eigenvalue weighted by molar-refractivity contribution is 0.0696. The van der Waals surface area contributed by atoms with Gasteiger partial charge in [-0.3, -0.25) is 5.10 Å². The van der Waals surface area contributed by atoms with Gasteiger partial charge in [0, 0.05) is 11.6 Å². The summed E-state index contributed by atoms with van der Waals surface area (Å²) in [6.45, 7) is 0. The zero-order valence-electron chi connectivity index (χ0n) is 11.7. The fourth-order valence-corrected chi connectivity index (χ4v) is 2.09. The molecule has 0 fully saturated rings. The molecular formula is C16H12N2O5. The molecule has 0 aliphatic heterocycles. The monoisotopic (exact) mass is 312 g/mol. The summed E-state index contributed by atoms with van der Waals surface area (Å²) in [5, 5.41) is 34.9. The van der Waals surface area contributed by atoms with Crippen LogP contribution in [0.2, 0.25) is 0 Å². The van der Waals surface area contributed by atoms with E-state index in [1.54, 1.807) is 12.1 Å². The van der Waals surface area contributed by atoms with Crippen molar-refractivity contribution in [2.75, 3.05) is 0 Å². The van der Waals surface area contributed by atoms with Gasteiger partial charge >= 0.3 is 5.97 Å². The largest absolute Gasteiger partial charge is 0.508 e. The maximum Gasteiger partial charge on any atom is 0.335 e. The number of phenolic OH excluding ortho intramolecular Hbond substituents is 2. The number of phenols is 2. The van der Waals surface area contributed by atoms with Gasteiger partial charge < -0.3 is 20.1 Å². The molecule has 0 saturated carbocycles. The van der Waals surface area contributed by atoms with Crippen LogP contribution in [0.3, 0.4) is 0 Å². The van der Waals surface area contributed by atoms with E-state index in [0.29, 0.717) is 22.8 Å². The lowest BCUT2D eigenvalue weighted by atomic mass is 10.1. The van der Waals surface area contributed by atoms with E-state index in [2.05, 4.69) is 10.2 Å². The quantitative estimate of drug-likeness (QED) is 0.588. The normalized spacial score (nSPS) is 10.4. The van der Waals surface area contributed by atoms with Crippen molar-refractivity contribution >= 4 is 5.97 Å². The third kappa shape index (κ3) is 2.93. The molecule has 0 aliphatic rings. The van der Waals surface area contributed by atoms with Crippen molar-refractivity contribution in [3.05, 3.63) is 54.2 Å². The van der Waals surface area contributed by atoms with E-state index in [1.165, 1.54) is 36.5 Å². The highest BCUT2D eigenvalue weighted by Gasteiger charge is 2.15. The number of hydrogen-bond donors (Lipinski definition) is 4. The lowest BCUT2D eigenvalue weighted by Crippen LogP contribution is -1.96. The number of aromatic hydroxyl groups is 2. The summed E-state index contributed by atoms with van der Waals surface area (Å²) in [7, 11) is 0. The van der Waals surface area contributed by atoms with Crippen molar-refractivity contribution in [3.8, 4) is 34.3 Å². The van der Waals surface area contributed by atoms with Crippen LogP contribution in [0.1, 0.15) is 10.4 Å². The molecule has 7 nitrogen and oxygen atoms in total. The second-order valence-corrected chi connectivity index (χ2v) is 4.73. The number of carboxylic acids is 1. The third-order valence-electron chi connectivity index (χ3n) is 3.15. The molecule has 0 unspecified atom stereocenters. The van der Waals surface area contributed by atoms with Gasteiger partial charge in [-0.2, -0.15) is 5.10 Å². The Labute approximate surface area is 130 Å². The molecule has 0 saturated heterocycles. The number of nitrogens with one attached hydrogen (secondary N) is 1. The van der Waals surface area contributed by atoms with Gasteiger partial charge in [-0.15, -0.1) is 0 Å². The van der Waals surface area contributed by atoms with Crippen LogP contribution in [-0.4, -0.2) is 31.5 Å². The Kier molecular flexibility index (Phi) is 3.60. The van der Waals surface area contributed by atoms with Crippen LogP contribution in [0.15, 0.2) is 48.7 Å². The molecule has 0 spiro atoms. The van der Waals surface area contributed by atoms with Crippen LogP contribution in [0.25, 0.3) is 11.3 Å². The minimum atomic E-state index is -1.06. The smallest absolute Gasteiger partial charge is 0.335 e. The third-order valence-corrected chi connectivity index (χ3v) is 3.15. The lowest BCUT2D eigenvalue weighted by Gasteiger charge is -2.08. The summed E-state index contributed by atoms with van der Waals surface area (Å²) >= 11 is 0. The number of benzene rings is 2. The van der Waals surface area contributed by atoms with E-state index in [4.69, 9.17) is 9.84 Å². The number of aromatic nitrogens is 2. The molecule has 23 heavy (non-hydrogen) atoms. The molecule has 0 amide bonds. The standard InChI is InChI=1S/C16H12N2O5/c19-10-4-5-12(13(20)7-10)15-14(8-17-18-15)23-11-3-1-2-9(6-11)16(21)22/h1-8,19-20H,(H,17,18)(H,21,22). The number of hydrogen-bond acceptors (Lipinski definition) is 5. The van der Waals surface area contributed by atoms with Gasteiger partial charge in [0.25, 0.3) is 0 Å². The first kappa shape index (κ1) is 14.5. The first-order valence-electron chi connectivity index (χ1n) is 6.62. The minimum Gasteiger partial charge on any atom is -0.508 e. The molecule has 0 radical (unpaired) electrons. The number of aromatic amines is 1. The molecular weight excluding hydrogens is 300 g/mol. The summed E-state index contributed by atoms with van der Waals surface area (Å²) in [6, 6.07) is 10.1. The maximum absolute atomic E-state index is 11.0. The summed E-state index contributed by atoms with van der Waals surface area (Å²) in [5.41, 5.74) is 0.802. The number of nitrogens with zero attached hydrogens (tertiary/aromatic N) is 1. The maximum atomic E-state index is 11.0. The molecule has 0 atom stereocenters. The van der Waals surface area contributed by atoms with Gasteiger partial charge in [0.1, 0.15) is 22.9 Å². The molecule has 1 heterocycles. The van der Waals surface area contributed by atoms with E-state index in [0.717, 1.165) is 0 Å². The molecule has 4 N–H and O–H groups in total. The zero-order chi connectivity index (χ0) is 16.4. The Balaban J connectivity index is 1.95. The van der Waals surface area contributed by atoms with Crippen LogP contribution in [-0.2, 0) is 0 Å². The number of H-pyrrole nitrogens is 1. The van der Waals surface area contributed by atoms with Gasteiger partial charge in [0.2, 0.25) is 0 Å². The number of aromatic carboxylic acids is 1. The Morgan fingerprint density at radius 2 is 1.96 bits per heavy atom. The molecule has 116 valence electrons. The summed E-state index contributed by atoms with van der Waals surface area (Å²) in [4.78, 5) is 11.0. The van der Waals surface area contributed by atoms with E-state index in [1.807, 2.05) is 0 Å². The number of carboxylic acid groups (broad SMARTS) is 1. The molecule has 1 aromatic heterocycles. The summed E-state index contributed by atoms with van der Waals surface area (Å²) in [6.07, 6.45) is 1.48. The van der Waals surface area contributed by atoms with E-state index < -0.39 is 5.97 Å². The van der Waals surface area contributed by atoms with Gasteiger partial charge in [-0.25, -0.2) is 4.79 Å². The van der Waals surface area contributed by atoms with Crippen molar-refractivity contribution < 1.29 is 24.9 Å². The van der Waals surface area contributed by atoms with Gasteiger partial charge in [0.15, 0.2) is 5.75 Å². The van der Waals surface area contributed by atoms with Crippen LogP contribution >= 0.6 is 0 Å². The van der Waals surface area contributed by atoms with Crippen LogP contribution in [0, 0.1) is 0 Å². The molecule has 0 bridgehead atoms. The summed E-state index contributed by atoms with van der Waals surface area (Å²) in [5.74, 6) is -0.641. The highest BCUT2D eigenvalue weighted by atomic mass is 16.5. The minimum absolute atomic E-state index is 0.0709. The average molecular weight is 312 g/mol. The van der Waals surface area contributed by atoms with Crippen LogP contribution in [0.4, 0.5) is 0 Å². The molecule has 2 aromatic carbocycles. The first-order chi connectivity index (χ1) is 11.0. The molecule has 3 rings (SSSR count). The van der Waals surface area contributed by atoms with E-state index in [9.17, 15) is 15.0 Å². The predicted molar refractivity (Wildman–Crippen MR) is 80.8 cm³/mol. The topological polar surface area (TPSA) is 116 Å². The number of rotatable bonds is 4. The Hall–Kier alpha value is -3.48. The average Bonchev–Trinajstić information content (AvgIpc) is 2.95. The SMILES string of the molecule is O=C(O)c1cccc(Oc2c[nH]nc2-c2ccc(O)cc2O)c1. The van der Waals surface area contributed by atoms with Crippen LogP contribution in [0.5, 0.6) is 23.0 Å². The van der Waals surface area contributed by atoms with Crippen molar-refractivity contribution in [2.45, 2.75) is 0 Å². The highest BCUT2D eigenvalue weighted by molar-refractivity contribution is 5.88. The summed E-state index contributed by atoms with van der Waals surface area (Å²) < 4.78 is 5.65.